The average Bonchev–Trinajstić information content (AvgIpc) is 2.87. The van der Waals surface area contributed by atoms with E-state index in [1.54, 1.807) is 12.1 Å². The third-order valence-electron chi connectivity index (χ3n) is 4.58. The third kappa shape index (κ3) is 2.67. The molecule has 0 amide bonds. The fourth-order valence-electron chi connectivity index (χ4n) is 3.36. The highest BCUT2D eigenvalue weighted by atomic mass is 19.1. The lowest BCUT2D eigenvalue weighted by atomic mass is 9.71. The summed E-state index contributed by atoms with van der Waals surface area (Å²) >= 11 is 0. The number of nitrogens with one attached hydrogen (secondary N) is 1. The highest BCUT2D eigenvalue weighted by Gasteiger charge is 2.39. The lowest BCUT2D eigenvalue weighted by molar-refractivity contribution is 0.0979. The van der Waals surface area contributed by atoms with E-state index in [4.69, 9.17) is 4.74 Å². The average molecular weight is 263 g/mol. The fourth-order valence-corrected chi connectivity index (χ4v) is 3.36. The number of benzene rings is 1. The van der Waals surface area contributed by atoms with E-state index in [1.165, 1.54) is 12.8 Å². The van der Waals surface area contributed by atoms with Crippen LogP contribution in [0.4, 0.5) is 4.39 Å². The van der Waals surface area contributed by atoms with Gasteiger partial charge < -0.3 is 10.1 Å². The Morgan fingerprint density at radius 1 is 1.32 bits per heavy atom. The van der Waals surface area contributed by atoms with Crippen LogP contribution >= 0.6 is 0 Å². The Hall–Kier alpha value is -0.930. The van der Waals surface area contributed by atoms with Crippen molar-refractivity contribution in [1.29, 1.82) is 0 Å². The molecule has 19 heavy (non-hydrogen) atoms. The zero-order valence-electron chi connectivity index (χ0n) is 11.3. The molecule has 1 unspecified atom stereocenters. The highest BCUT2D eigenvalue weighted by molar-refractivity contribution is 5.31. The molecule has 3 rings (SSSR count). The summed E-state index contributed by atoms with van der Waals surface area (Å²) in [6.45, 7) is 2.73. The lowest BCUT2D eigenvalue weighted by Crippen LogP contribution is -2.57. The van der Waals surface area contributed by atoms with Crippen LogP contribution in [0.1, 0.15) is 37.7 Å². The molecule has 2 aliphatic rings. The molecular formula is C16H22FNO. The molecule has 2 saturated heterocycles. The van der Waals surface area contributed by atoms with Crippen LogP contribution in [0.25, 0.3) is 0 Å². The van der Waals surface area contributed by atoms with Gasteiger partial charge in [0.2, 0.25) is 0 Å². The Balaban J connectivity index is 1.61. The Labute approximate surface area is 114 Å². The molecule has 1 aromatic rings. The molecule has 1 N–H and O–H groups in total. The maximum Gasteiger partial charge on any atom is 0.127 e. The summed E-state index contributed by atoms with van der Waals surface area (Å²) in [6, 6.07) is 7.24. The van der Waals surface area contributed by atoms with E-state index >= 15 is 0 Å². The zero-order valence-corrected chi connectivity index (χ0v) is 11.3. The molecule has 0 aliphatic carbocycles. The summed E-state index contributed by atoms with van der Waals surface area (Å²) < 4.78 is 19.6. The first-order chi connectivity index (χ1) is 9.30. The first kappa shape index (κ1) is 13.1. The molecule has 2 heterocycles. The summed E-state index contributed by atoms with van der Waals surface area (Å²) in [7, 11) is 0. The van der Waals surface area contributed by atoms with Crippen molar-refractivity contribution in [3.63, 3.8) is 0 Å². The quantitative estimate of drug-likeness (QED) is 0.881. The van der Waals surface area contributed by atoms with Gasteiger partial charge in [0.15, 0.2) is 0 Å². The molecule has 2 fully saturated rings. The van der Waals surface area contributed by atoms with Crippen LogP contribution in [0.5, 0.6) is 0 Å². The van der Waals surface area contributed by atoms with E-state index in [2.05, 4.69) is 5.32 Å². The van der Waals surface area contributed by atoms with Crippen molar-refractivity contribution in [3.05, 3.63) is 35.6 Å². The second-order valence-corrected chi connectivity index (χ2v) is 5.89. The second-order valence-electron chi connectivity index (χ2n) is 5.89. The highest BCUT2D eigenvalue weighted by Crippen LogP contribution is 2.36. The molecule has 0 radical (unpaired) electrons. The first-order valence-corrected chi connectivity index (χ1v) is 7.37. The Bertz CT molecular complexity index is 425. The number of rotatable bonds is 5. The largest absolute Gasteiger partial charge is 0.378 e. The monoisotopic (exact) mass is 263 g/mol. The predicted octanol–water partition coefficient (Wildman–Crippen LogP) is 3.02. The van der Waals surface area contributed by atoms with Gasteiger partial charge in [-0.2, -0.15) is 0 Å². The normalized spacial score (nSPS) is 25.2. The van der Waals surface area contributed by atoms with Gasteiger partial charge in [0.25, 0.3) is 0 Å². The van der Waals surface area contributed by atoms with E-state index in [0.717, 1.165) is 44.5 Å². The molecule has 2 aliphatic heterocycles. The van der Waals surface area contributed by atoms with E-state index < -0.39 is 0 Å². The van der Waals surface area contributed by atoms with Crippen LogP contribution in [-0.2, 0) is 10.2 Å². The Kier molecular flexibility index (Phi) is 3.85. The Morgan fingerprint density at radius 3 is 2.79 bits per heavy atom. The van der Waals surface area contributed by atoms with Crippen molar-refractivity contribution in [1.82, 2.24) is 5.32 Å². The van der Waals surface area contributed by atoms with Gasteiger partial charge in [0.1, 0.15) is 5.82 Å². The number of halogens is 1. The van der Waals surface area contributed by atoms with Gasteiger partial charge in [0, 0.05) is 25.1 Å². The van der Waals surface area contributed by atoms with Crippen LogP contribution in [0.2, 0.25) is 0 Å². The van der Waals surface area contributed by atoms with E-state index in [-0.39, 0.29) is 11.2 Å². The van der Waals surface area contributed by atoms with Crippen molar-refractivity contribution in [3.8, 4) is 0 Å². The number of ether oxygens (including phenoxy) is 1. The molecular weight excluding hydrogens is 241 g/mol. The van der Waals surface area contributed by atoms with Crippen LogP contribution in [0.15, 0.2) is 24.3 Å². The fraction of sp³-hybridized carbons (Fsp3) is 0.625. The summed E-state index contributed by atoms with van der Waals surface area (Å²) in [5.41, 5.74) is 0.908. The molecule has 0 spiro atoms. The maximum absolute atomic E-state index is 14.0. The van der Waals surface area contributed by atoms with Gasteiger partial charge >= 0.3 is 0 Å². The summed E-state index contributed by atoms with van der Waals surface area (Å²) in [5.74, 6) is -0.0545. The standard InChI is InChI=1S/C16H22FNO/c17-15-8-2-1-7-14(15)16(11-18-12-16)9-3-5-13-6-4-10-19-13/h1-2,7-8,13,18H,3-6,9-12H2. The van der Waals surface area contributed by atoms with Crippen molar-refractivity contribution >= 4 is 0 Å². The SMILES string of the molecule is Fc1ccccc1C1(CCCC2CCCO2)CNC1. The topological polar surface area (TPSA) is 21.3 Å². The van der Waals surface area contributed by atoms with Gasteiger partial charge in [-0.25, -0.2) is 4.39 Å². The summed E-state index contributed by atoms with van der Waals surface area (Å²) in [6.07, 6.45) is 6.15. The third-order valence-corrected chi connectivity index (χ3v) is 4.58. The molecule has 0 saturated carbocycles. The molecule has 0 bridgehead atoms. The predicted molar refractivity (Wildman–Crippen MR) is 73.8 cm³/mol. The van der Waals surface area contributed by atoms with Crippen LogP contribution in [-0.4, -0.2) is 25.8 Å². The minimum Gasteiger partial charge on any atom is -0.378 e. The van der Waals surface area contributed by atoms with E-state index in [9.17, 15) is 4.39 Å². The van der Waals surface area contributed by atoms with Crippen molar-refractivity contribution in [2.45, 2.75) is 43.6 Å². The molecule has 104 valence electrons. The molecule has 1 aromatic carbocycles. The van der Waals surface area contributed by atoms with Crippen LogP contribution < -0.4 is 5.32 Å². The van der Waals surface area contributed by atoms with Crippen LogP contribution in [0.3, 0.4) is 0 Å². The molecule has 2 nitrogen and oxygen atoms in total. The van der Waals surface area contributed by atoms with Gasteiger partial charge in [-0.05, 0) is 43.7 Å². The number of hydrogen-bond acceptors (Lipinski definition) is 2. The zero-order chi connectivity index (χ0) is 13.1. The summed E-state index contributed by atoms with van der Waals surface area (Å²) in [5, 5.41) is 3.31. The minimum absolute atomic E-state index is 0.0178. The van der Waals surface area contributed by atoms with Gasteiger partial charge in [0.05, 0.1) is 6.10 Å². The van der Waals surface area contributed by atoms with Gasteiger partial charge in [-0.15, -0.1) is 0 Å². The second kappa shape index (κ2) is 5.59. The maximum atomic E-state index is 14.0. The molecule has 0 aromatic heterocycles. The number of hydrogen-bond donors (Lipinski definition) is 1. The first-order valence-electron chi connectivity index (χ1n) is 7.37. The molecule has 1 atom stereocenters. The van der Waals surface area contributed by atoms with Crippen molar-refractivity contribution in [2.75, 3.05) is 19.7 Å². The van der Waals surface area contributed by atoms with Crippen LogP contribution in [0, 0.1) is 5.82 Å². The van der Waals surface area contributed by atoms with Gasteiger partial charge in [-0.3, -0.25) is 0 Å². The van der Waals surface area contributed by atoms with E-state index in [1.807, 2.05) is 12.1 Å². The lowest BCUT2D eigenvalue weighted by Gasteiger charge is -2.43. The van der Waals surface area contributed by atoms with E-state index in [0.29, 0.717) is 6.10 Å². The summed E-state index contributed by atoms with van der Waals surface area (Å²) in [4.78, 5) is 0. The molecule has 3 heteroatoms. The smallest absolute Gasteiger partial charge is 0.127 e. The van der Waals surface area contributed by atoms with Crippen molar-refractivity contribution in [2.24, 2.45) is 0 Å². The van der Waals surface area contributed by atoms with Crippen molar-refractivity contribution < 1.29 is 9.13 Å². The Morgan fingerprint density at radius 2 is 2.16 bits per heavy atom. The minimum atomic E-state index is -0.0545. The van der Waals surface area contributed by atoms with Gasteiger partial charge in [-0.1, -0.05) is 18.2 Å².